The third kappa shape index (κ3) is 3.21. The molecule has 0 radical (unpaired) electrons. The normalized spacial score (nSPS) is 10.8. The second kappa shape index (κ2) is 6.52. The highest BCUT2D eigenvalue weighted by atomic mass is 79.9. The van der Waals surface area contributed by atoms with Gasteiger partial charge in [0.2, 0.25) is 0 Å². The lowest BCUT2D eigenvalue weighted by Crippen LogP contribution is -2.24. The molecule has 0 saturated heterocycles. The van der Waals surface area contributed by atoms with Crippen LogP contribution in [-0.4, -0.2) is 22.6 Å². The quantitative estimate of drug-likeness (QED) is 0.732. The molecule has 0 aliphatic carbocycles. The maximum Gasteiger partial charge on any atom is 0.259 e. The largest absolute Gasteiger partial charge is 0.347 e. The van der Waals surface area contributed by atoms with E-state index in [9.17, 15) is 9.18 Å². The van der Waals surface area contributed by atoms with Gasteiger partial charge in [-0.3, -0.25) is 4.79 Å². The zero-order chi connectivity index (χ0) is 17.3. The van der Waals surface area contributed by atoms with E-state index in [1.165, 1.54) is 12.1 Å². The van der Waals surface area contributed by atoms with E-state index < -0.39 is 0 Å². The highest BCUT2D eigenvalue weighted by Crippen LogP contribution is 2.27. The summed E-state index contributed by atoms with van der Waals surface area (Å²) in [5.74, 6) is -0.637. The molecule has 7 heteroatoms. The summed E-state index contributed by atoms with van der Waals surface area (Å²) in [6, 6.07) is 7.50. The Balaban J connectivity index is 2.11. The Hall–Kier alpha value is -2.54. The molecule has 0 unspecified atom stereocenters. The second-order valence-corrected chi connectivity index (χ2v) is 6.33. The standard InChI is InChI=1S/C17H13BrFN3O2/c1-9(18)8-20-16(23)13-7-14(11-3-5-12(19)6-4-11)21-17-15(13)10(2)22-24-17/h3-7H,1,8H2,2H3,(H,20,23). The van der Waals surface area contributed by atoms with Gasteiger partial charge in [0.1, 0.15) is 5.82 Å². The number of carbonyl (C=O) groups is 1. The molecular formula is C17H13BrFN3O2. The third-order valence-electron chi connectivity index (χ3n) is 3.44. The van der Waals surface area contributed by atoms with Crippen molar-refractivity contribution in [1.29, 1.82) is 0 Å². The first-order valence-electron chi connectivity index (χ1n) is 7.10. The Morgan fingerprint density at radius 1 is 1.38 bits per heavy atom. The van der Waals surface area contributed by atoms with E-state index in [2.05, 4.69) is 38.0 Å². The van der Waals surface area contributed by atoms with Crippen LogP contribution in [0.4, 0.5) is 4.39 Å². The molecule has 0 saturated carbocycles. The molecule has 1 aromatic carbocycles. The number of hydrogen-bond donors (Lipinski definition) is 1. The van der Waals surface area contributed by atoms with Crippen LogP contribution in [0.3, 0.4) is 0 Å². The van der Waals surface area contributed by atoms with E-state index in [0.717, 1.165) is 0 Å². The monoisotopic (exact) mass is 389 g/mol. The number of rotatable bonds is 4. The number of aryl methyl sites for hydroxylation is 1. The number of pyridine rings is 1. The Labute approximate surface area is 145 Å². The van der Waals surface area contributed by atoms with Crippen molar-refractivity contribution in [3.05, 3.63) is 58.5 Å². The lowest BCUT2D eigenvalue weighted by atomic mass is 10.1. The molecule has 1 amide bonds. The van der Waals surface area contributed by atoms with Gasteiger partial charge in [0.15, 0.2) is 0 Å². The number of hydrogen-bond acceptors (Lipinski definition) is 4. The van der Waals surface area contributed by atoms with Crippen LogP contribution in [0.2, 0.25) is 0 Å². The van der Waals surface area contributed by atoms with Gasteiger partial charge in [-0.25, -0.2) is 9.37 Å². The van der Waals surface area contributed by atoms with Crippen molar-refractivity contribution in [3.8, 4) is 11.3 Å². The zero-order valence-electron chi connectivity index (χ0n) is 12.8. The first-order chi connectivity index (χ1) is 11.5. The van der Waals surface area contributed by atoms with E-state index in [4.69, 9.17) is 4.52 Å². The van der Waals surface area contributed by atoms with Gasteiger partial charge in [-0.05, 0) is 37.3 Å². The minimum absolute atomic E-state index is 0.261. The fourth-order valence-electron chi connectivity index (χ4n) is 2.31. The van der Waals surface area contributed by atoms with E-state index in [0.29, 0.717) is 38.9 Å². The number of nitrogens with one attached hydrogen (secondary N) is 1. The molecular weight excluding hydrogens is 377 g/mol. The summed E-state index contributed by atoms with van der Waals surface area (Å²) in [5.41, 5.74) is 2.41. The second-order valence-electron chi connectivity index (χ2n) is 5.21. The van der Waals surface area contributed by atoms with Crippen molar-refractivity contribution in [2.45, 2.75) is 6.92 Å². The maximum absolute atomic E-state index is 13.1. The summed E-state index contributed by atoms with van der Waals surface area (Å²) in [6.45, 7) is 5.72. The predicted molar refractivity (Wildman–Crippen MR) is 92.3 cm³/mol. The Morgan fingerprint density at radius 2 is 2.08 bits per heavy atom. The first-order valence-corrected chi connectivity index (χ1v) is 7.89. The SMILES string of the molecule is C=C(Br)CNC(=O)c1cc(-c2ccc(F)cc2)nc2onc(C)c12. The van der Waals surface area contributed by atoms with Gasteiger partial charge >= 0.3 is 0 Å². The molecule has 122 valence electrons. The number of carbonyl (C=O) groups excluding carboxylic acids is 1. The fraction of sp³-hybridized carbons (Fsp3) is 0.118. The number of amides is 1. The zero-order valence-corrected chi connectivity index (χ0v) is 14.4. The van der Waals surface area contributed by atoms with Crippen LogP contribution in [-0.2, 0) is 0 Å². The minimum atomic E-state index is -0.343. The number of fused-ring (bicyclic) bond motifs is 1. The van der Waals surface area contributed by atoms with Crippen LogP contribution in [0.25, 0.3) is 22.4 Å². The van der Waals surface area contributed by atoms with Crippen LogP contribution >= 0.6 is 15.9 Å². The summed E-state index contributed by atoms with van der Waals surface area (Å²) >= 11 is 3.20. The fourth-order valence-corrected chi connectivity index (χ4v) is 2.45. The van der Waals surface area contributed by atoms with Gasteiger partial charge in [0.25, 0.3) is 11.6 Å². The van der Waals surface area contributed by atoms with E-state index in [1.807, 2.05) is 0 Å². The lowest BCUT2D eigenvalue weighted by Gasteiger charge is -2.08. The molecule has 2 heterocycles. The van der Waals surface area contributed by atoms with Crippen LogP contribution in [0, 0.1) is 12.7 Å². The van der Waals surface area contributed by atoms with Gasteiger partial charge in [0, 0.05) is 16.6 Å². The molecule has 2 aromatic heterocycles. The molecule has 3 aromatic rings. The van der Waals surface area contributed by atoms with Crippen molar-refractivity contribution in [1.82, 2.24) is 15.5 Å². The Kier molecular flexibility index (Phi) is 4.44. The van der Waals surface area contributed by atoms with Gasteiger partial charge in [-0.1, -0.05) is 27.7 Å². The minimum Gasteiger partial charge on any atom is -0.347 e. The van der Waals surface area contributed by atoms with Gasteiger partial charge in [-0.15, -0.1) is 0 Å². The van der Waals surface area contributed by atoms with Crippen molar-refractivity contribution in [2.75, 3.05) is 6.54 Å². The molecule has 3 rings (SSSR count). The summed E-state index contributed by atoms with van der Waals surface area (Å²) in [4.78, 5) is 16.9. The van der Waals surface area contributed by atoms with Crippen LogP contribution in [0.15, 0.2) is 45.9 Å². The topological polar surface area (TPSA) is 68.0 Å². The van der Waals surface area contributed by atoms with Gasteiger partial charge in [-0.2, -0.15) is 0 Å². The molecule has 5 nitrogen and oxygen atoms in total. The third-order valence-corrected chi connectivity index (χ3v) is 3.72. The van der Waals surface area contributed by atoms with E-state index in [-0.39, 0.29) is 17.4 Å². The van der Waals surface area contributed by atoms with E-state index >= 15 is 0 Å². The molecule has 24 heavy (non-hydrogen) atoms. The van der Waals surface area contributed by atoms with Crippen molar-refractivity contribution in [3.63, 3.8) is 0 Å². The number of benzene rings is 1. The smallest absolute Gasteiger partial charge is 0.259 e. The van der Waals surface area contributed by atoms with Crippen LogP contribution < -0.4 is 5.32 Å². The Bertz CT molecular complexity index is 935. The van der Waals surface area contributed by atoms with Crippen LogP contribution in [0.5, 0.6) is 0 Å². The highest BCUT2D eigenvalue weighted by molar-refractivity contribution is 9.11. The average Bonchev–Trinajstić information content (AvgIpc) is 2.94. The molecule has 0 bridgehead atoms. The summed E-state index contributed by atoms with van der Waals surface area (Å²) < 4.78 is 19.0. The number of halogens is 2. The average molecular weight is 390 g/mol. The maximum atomic E-state index is 13.1. The number of nitrogens with zero attached hydrogens (tertiary/aromatic N) is 2. The molecule has 1 N–H and O–H groups in total. The molecule has 0 atom stereocenters. The summed E-state index contributed by atoms with van der Waals surface area (Å²) in [6.07, 6.45) is 0. The summed E-state index contributed by atoms with van der Waals surface area (Å²) in [5, 5.41) is 7.19. The van der Waals surface area contributed by atoms with E-state index in [1.54, 1.807) is 25.1 Å². The van der Waals surface area contributed by atoms with Crippen LogP contribution in [0.1, 0.15) is 16.1 Å². The Morgan fingerprint density at radius 3 is 2.75 bits per heavy atom. The summed E-state index contributed by atoms with van der Waals surface area (Å²) in [7, 11) is 0. The van der Waals surface area contributed by atoms with Crippen molar-refractivity contribution >= 4 is 32.9 Å². The number of aromatic nitrogens is 2. The molecule has 0 aliphatic rings. The van der Waals surface area contributed by atoms with Gasteiger partial charge < -0.3 is 9.84 Å². The highest BCUT2D eigenvalue weighted by Gasteiger charge is 2.19. The first kappa shape index (κ1) is 16.3. The molecule has 0 aliphatic heterocycles. The van der Waals surface area contributed by atoms with Gasteiger partial charge in [0.05, 0.1) is 22.3 Å². The van der Waals surface area contributed by atoms with Crippen molar-refractivity contribution < 1.29 is 13.7 Å². The molecule has 0 fully saturated rings. The predicted octanol–water partition coefficient (Wildman–Crippen LogP) is 3.98. The van der Waals surface area contributed by atoms with Crippen molar-refractivity contribution in [2.24, 2.45) is 0 Å². The molecule has 0 spiro atoms. The lowest BCUT2D eigenvalue weighted by molar-refractivity contribution is 0.0959.